The first-order valence-electron chi connectivity index (χ1n) is 9.78. The SMILES string of the molecule is CC.Nc1nc2ncc(CNc3ccc(C(=O)NCCCC(=O)O)cc3)nc2c(=O)[nH]1. The van der Waals surface area contributed by atoms with E-state index < -0.39 is 11.5 Å². The van der Waals surface area contributed by atoms with E-state index in [-0.39, 0.29) is 29.4 Å². The molecule has 1 amide bonds. The summed E-state index contributed by atoms with van der Waals surface area (Å²) in [6, 6.07) is 6.77. The molecule has 6 N–H and O–H groups in total. The Morgan fingerprint density at radius 3 is 2.55 bits per heavy atom. The molecular formula is C20H25N7O4. The fraction of sp³-hybridized carbons (Fsp3) is 0.300. The van der Waals surface area contributed by atoms with Gasteiger partial charge in [-0.3, -0.25) is 19.4 Å². The monoisotopic (exact) mass is 427 g/mol. The number of benzene rings is 1. The smallest absolute Gasteiger partial charge is 0.303 e. The van der Waals surface area contributed by atoms with E-state index in [0.29, 0.717) is 30.8 Å². The Balaban J connectivity index is 0.00000166. The lowest BCUT2D eigenvalue weighted by Crippen LogP contribution is -2.24. The fourth-order valence-corrected chi connectivity index (χ4v) is 2.53. The number of carbonyl (C=O) groups excluding carboxylic acids is 1. The van der Waals surface area contributed by atoms with Crippen molar-refractivity contribution < 1.29 is 14.7 Å². The summed E-state index contributed by atoms with van der Waals surface area (Å²) in [5.41, 5.74) is 7.05. The predicted molar refractivity (Wildman–Crippen MR) is 117 cm³/mol. The summed E-state index contributed by atoms with van der Waals surface area (Å²) in [5.74, 6) is -1.18. The molecule has 3 rings (SSSR count). The number of anilines is 2. The Morgan fingerprint density at radius 1 is 1.16 bits per heavy atom. The highest BCUT2D eigenvalue weighted by Gasteiger charge is 2.08. The van der Waals surface area contributed by atoms with Gasteiger partial charge in [-0.15, -0.1) is 0 Å². The van der Waals surface area contributed by atoms with Gasteiger partial charge >= 0.3 is 5.97 Å². The zero-order valence-corrected chi connectivity index (χ0v) is 17.3. The van der Waals surface area contributed by atoms with Crippen LogP contribution in [0.4, 0.5) is 11.6 Å². The average molecular weight is 427 g/mol. The number of hydrogen-bond acceptors (Lipinski definition) is 8. The molecule has 2 heterocycles. The highest BCUT2D eigenvalue weighted by atomic mass is 16.4. The quantitative estimate of drug-likeness (QED) is 0.334. The molecule has 2 aromatic heterocycles. The van der Waals surface area contributed by atoms with Crippen molar-refractivity contribution >= 4 is 34.7 Å². The van der Waals surface area contributed by atoms with E-state index in [0.717, 1.165) is 5.69 Å². The number of fused-ring (bicyclic) bond motifs is 1. The molecule has 0 spiro atoms. The van der Waals surface area contributed by atoms with Crippen LogP contribution in [0.2, 0.25) is 0 Å². The number of carbonyl (C=O) groups is 2. The molecule has 0 fully saturated rings. The third-order valence-corrected chi connectivity index (χ3v) is 3.96. The van der Waals surface area contributed by atoms with Gasteiger partial charge in [0.15, 0.2) is 11.2 Å². The molecule has 0 bridgehead atoms. The lowest BCUT2D eigenvalue weighted by atomic mass is 10.2. The lowest BCUT2D eigenvalue weighted by Gasteiger charge is -2.08. The lowest BCUT2D eigenvalue weighted by molar-refractivity contribution is -0.137. The summed E-state index contributed by atoms with van der Waals surface area (Å²) < 4.78 is 0. The first kappa shape index (κ1) is 23.3. The highest BCUT2D eigenvalue weighted by Crippen LogP contribution is 2.11. The minimum absolute atomic E-state index is 0.0100. The molecule has 11 nitrogen and oxygen atoms in total. The standard InChI is InChI=1S/C18H19N7O4.C2H6/c19-18-24-15-14(17(29)25-18)23-12(9-22-15)8-21-11-5-3-10(4-6-11)16(28)20-7-1-2-13(26)27;1-2/h3-6,9,21H,1-2,7-8H2,(H,20,28)(H,26,27)(H3,19,22,24,25,29);1-2H3. The Labute approximate surface area is 178 Å². The molecule has 0 aliphatic carbocycles. The molecule has 31 heavy (non-hydrogen) atoms. The van der Waals surface area contributed by atoms with Gasteiger partial charge < -0.3 is 21.5 Å². The summed E-state index contributed by atoms with van der Waals surface area (Å²) in [6.07, 6.45) is 1.88. The van der Waals surface area contributed by atoms with Gasteiger partial charge in [-0.05, 0) is 30.7 Å². The number of aromatic amines is 1. The second-order valence-electron chi connectivity index (χ2n) is 6.17. The van der Waals surface area contributed by atoms with E-state index >= 15 is 0 Å². The van der Waals surface area contributed by atoms with Gasteiger partial charge in [0.2, 0.25) is 5.95 Å². The second-order valence-corrected chi connectivity index (χ2v) is 6.17. The molecule has 0 aliphatic rings. The Hall–Kier alpha value is -4.02. The van der Waals surface area contributed by atoms with Crippen LogP contribution in [0.25, 0.3) is 11.2 Å². The van der Waals surface area contributed by atoms with Crippen molar-refractivity contribution in [1.29, 1.82) is 0 Å². The maximum absolute atomic E-state index is 12.0. The number of hydrogen-bond donors (Lipinski definition) is 5. The molecule has 1 aromatic carbocycles. The Bertz CT molecular complexity index is 1100. The number of carboxylic acid groups (broad SMARTS) is 1. The third kappa shape index (κ3) is 6.77. The number of H-pyrrole nitrogens is 1. The normalized spacial score (nSPS) is 10.1. The van der Waals surface area contributed by atoms with Crippen molar-refractivity contribution in [3.05, 3.63) is 52.1 Å². The highest BCUT2D eigenvalue weighted by molar-refractivity contribution is 5.94. The van der Waals surface area contributed by atoms with Crippen LogP contribution in [-0.2, 0) is 11.3 Å². The van der Waals surface area contributed by atoms with Crippen molar-refractivity contribution in [2.24, 2.45) is 0 Å². The van der Waals surface area contributed by atoms with Crippen LogP contribution in [0.3, 0.4) is 0 Å². The minimum Gasteiger partial charge on any atom is -0.481 e. The summed E-state index contributed by atoms with van der Waals surface area (Å²) in [7, 11) is 0. The Kier molecular flexibility index (Phi) is 8.43. The van der Waals surface area contributed by atoms with E-state index in [9.17, 15) is 14.4 Å². The van der Waals surface area contributed by atoms with Crippen molar-refractivity contribution in [2.45, 2.75) is 33.2 Å². The minimum atomic E-state index is -0.893. The number of nitrogens with zero attached hydrogens (tertiary/aromatic N) is 3. The van der Waals surface area contributed by atoms with Crippen molar-refractivity contribution in [2.75, 3.05) is 17.6 Å². The largest absolute Gasteiger partial charge is 0.481 e. The number of aromatic nitrogens is 4. The number of amides is 1. The number of rotatable bonds is 8. The third-order valence-electron chi connectivity index (χ3n) is 3.96. The van der Waals surface area contributed by atoms with Gasteiger partial charge in [-0.2, -0.15) is 4.98 Å². The molecule has 164 valence electrons. The first-order chi connectivity index (χ1) is 14.9. The van der Waals surface area contributed by atoms with Crippen LogP contribution >= 0.6 is 0 Å². The van der Waals surface area contributed by atoms with Gasteiger partial charge in [0.05, 0.1) is 18.4 Å². The van der Waals surface area contributed by atoms with Crippen LogP contribution in [0.5, 0.6) is 0 Å². The zero-order chi connectivity index (χ0) is 22.8. The second kappa shape index (κ2) is 11.2. The van der Waals surface area contributed by atoms with Crippen LogP contribution in [0.15, 0.2) is 35.3 Å². The fourth-order valence-electron chi connectivity index (χ4n) is 2.53. The van der Waals surface area contributed by atoms with E-state index in [4.69, 9.17) is 10.8 Å². The number of carboxylic acids is 1. The maximum Gasteiger partial charge on any atom is 0.303 e. The molecular weight excluding hydrogens is 402 g/mol. The van der Waals surface area contributed by atoms with E-state index in [1.807, 2.05) is 13.8 Å². The predicted octanol–water partition coefficient (Wildman–Crippen LogP) is 1.53. The molecule has 0 radical (unpaired) electrons. The zero-order valence-electron chi connectivity index (χ0n) is 17.3. The van der Waals surface area contributed by atoms with Crippen LogP contribution in [0, 0.1) is 0 Å². The maximum atomic E-state index is 12.0. The summed E-state index contributed by atoms with van der Waals surface area (Å²) >= 11 is 0. The number of nitrogens with two attached hydrogens (primary N) is 1. The molecule has 0 aliphatic heterocycles. The molecule has 11 heteroatoms. The van der Waals surface area contributed by atoms with E-state index in [2.05, 4.69) is 30.6 Å². The molecule has 0 atom stereocenters. The molecule has 0 unspecified atom stereocenters. The van der Waals surface area contributed by atoms with Gasteiger partial charge in [0.1, 0.15) is 0 Å². The van der Waals surface area contributed by atoms with Crippen molar-refractivity contribution in [3.8, 4) is 0 Å². The molecule has 0 saturated heterocycles. The first-order valence-corrected chi connectivity index (χ1v) is 9.78. The molecule has 0 saturated carbocycles. The number of nitrogens with one attached hydrogen (secondary N) is 3. The number of nitrogen functional groups attached to an aromatic ring is 1. The van der Waals surface area contributed by atoms with Gasteiger partial charge in [0.25, 0.3) is 11.5 Å². The van der Waals surface area contributed by atoms with Crippen LogP contribution in [0.1, 0.15) is 42.7 Å². The van der Waals surface area contributed by atoms with Gasteiger partial charge in [-0.1, -0.05) is 13.8 Å². The number of aliphatic carboxylic acids is 1. The summed E-state index contributed by atoms with van der Waals surface area (Å²) in [5, 5.41) is 14.4. The van der Waals surface area contributed by atoms with E-state index in [1.165, 1.54) is 6.20 Å². The van der Waals surface area contributed by atoms with E-state index in [1.54, 1.807) is 24.3 Å². The van der Waals surface area contributed by atoms with Crippen LogP contribution < -0.4 is 21.9 Å². The van der Waals surface area contributed by atoms with Crippen molar-refractivity contribution in [1.82, 2.24) is 25.3 Å². The average Bonchev–Trinajstić information content (AvgIpc) is 2.77. The molecule has 3 aromatic rings. The van der Waals surface area contributed by atoms with Gasteiger partial charge in [-0.25, -0.2) is 9.97 Å². The van der Waals surface area contributed by atoms with Crippen molar-refractivity contribution in [3.63, 3.8) is 0 Å². The summed E-state index contributed by atoms with van der Waals surface area (Å²) in [4.78, 5) is 49.0. The van der Waals surface area contributed by atoms with Crippen LogP contribution in [-0.4, -0.2) is 43.5 Å². The summed E-state index contributed by atoms with van der Waals surface area (Å²) in [6.45, 7) is 4.61. The van der Waals surface area contributed by atoms with Gasteiger partial charge in [0, 0.05) is 24.2 Å². The Morgan fingerprint density at radius 2 is 1.87 bits per heavy atom. The topological polar surface area (TPSA) is 176 Å².